The topological polar surface area (TPSA) is 147 Å². The van der Waals surface area contributed by atoms with Crippen molar-refractivity contribution in [3.63, 3.8) is 0 Å². The monoisotopic (exact) mass is 216 g/mol. The molecule has 0 spiro atoms. The molecule has 0 amide bonds. The second kappa shape index (κ2) is 9.07. The summed E-state index contributed by atoms with van der Waals surface area (Å²) in [4.78, 5) is 5.06. The van der Waals surface area contributed by atoms with Crippen LogP contribution in [0, 0.1) is 0 Å². The first-order chi connectivity index (χ1) is 7.24. The smallest absolute Gasteiger partial charge is 0.100 e. The lowest BCUT2D eigenvalue weighted by Crippen LogP contribution is -2.27. The van der Waals surface area contributed by atoms with E-state index in [9.17, 15) is 0 Å². The summed E-state index contributed by atoms with van der Waals surface area (Å²) in [6.07, 6.45) is -1.58. The highest BCUT2D eigenvalue weighted by Gasteiger charge is 2.10. The van der Waals surface area contributed by atoms with Crippen molar-refractivity contribution in [3.05, 3.63) is 20.9 Å². The molecular weight excluding hydrogens is 204 g/mol. The van der Waals surface area contributed by atoms with E-state index in [0.717, 1.165) is 0 Å². The van der Waals surface area contributed by atoms with Crippen molar-refractivity contribution in [1.82, 2.24) is 0 Å². The molecule has 0 aromatic carbocycles. The van der Waals surface area contributed by atoms with E-state index >= 15 is 0 Å². The van der Waals surface area contributed by atoms with Gasteiger partial charge in [-0.15, -0.1) is 0 Å². The molecule has 0 saturated heterocycles. The van der Waals surface area contributed by atoms with Crippen LogP contribution in [-0.4, -0.2) is 48.7 Å². The summed E-state index contributed by atoms with van der Waals surface area (Å²) in [6.45, 7) is -0.514. The van der Waals surface area contributed by atoms with Crippen LogP contribution >= 0.6 is 0 Å². The molecule has 0 aliphatic heterocycles. The van der Waals surface area contributed by atoms with Gasteiger partial charge in [0.15, 0.2) is 0 Å². The Labute approximate surface area is 85.5 Å². The second-order valence-corrected chi connectivity index (χ2v) is 2.62. The maximum Gasteiger partial charge on any atom is 0.100 e. The molecule has 0 fully saturated rings. The first kappa shape index (κ1) is 13.5. The highest BCUT2D eigenvalue weighted by atomic mass is 16.5. The van der Waals surface area contributed by atoms with Crippen molar-refractivity contribution in [2.75, 3.05) is 26.3 Å². The number of azide groups is 2. The number of aliphatic hydroxyl groups is 2. The Hall–Kier alpha value is -1.50. The van der Waals surface area contributed by atoms with E-state index in [4.69, 9.17) is 26.0 Å². The molecule has 0 aromatic rings. The Bertz CT molecular complexity index is 240. The van der Waals surface area contributed by atoms with Gasteiger partial charge in [-0.2, -0.15) is 0 Å². The fourth-order valence-electron chi connectivity index (χ4n) is 0.718. The van der Waals surface area contributed by atoms with Gasteiger partial charge in [0.25, 0.3) is 0 Å². The molecule has 15 heavy (non-hydrogen) atoms. The summed E-state index contributed by atoms with van der Waals surface area (Å²) in [5.74, 6) is 0. The molecular formula is C6H12N6O3. The molecule has 0 bridgehead atoms. The molecule has 1 atom stereocenters. The number of hydrogen-bond acceptors (Lipinski definition) is 5. The van der Waals surface area contributed by atoms with Crippen molar-refractivity contribution >= 4 is 0 Å². The maximum absolute atomic E-state index is 8.98. The van der Waals surface area contributed by atoms with E-state index < -0.39 is 18.8 Å². The van der Waals surface area contributed by atoms with Crippen molar-refractivity contribution in [2.24, 2.45) is 10.2 Å². The molecule has 0 aliphatic carbocycles. The fraction of sp³-hybridized carbons (Fsp3) is 1.00. The van der Waals surface area contributed by atoms with E-state index in [-0.39, 0.29) is 19.7 Å². The third-order valence-electron chi connectivity index (χ3n) is 1.43. The Kier molecular flexibility index (Phi) is 8.16. The van der Waals surface area contributed by atoms with Crippen LogP contribution in [0.5, 0.6) is 0 Å². The van der Waals surface area contributed by atoms with Gasteiger partial charge in [-0.25, -0.2) is 0 Å². The van der Waals surface area contributed by atoms with E-state index in [0.29, 0.717) is 0 Å². The maximum atomic E-state index is 8.98. The number of hydrogen-bond donors (Lipinski definition) is 2. The molecule has 9 heteroatoms. The Morgan fingerprint density at radius 1 is 1.20 bits per heavy atom. The third kappa shape index (κ3) is 7.56. The highest BCUT2D eigenvalue weighted by molar-refractivity contribution is 4.66. The average molecular weight is 216 g/mol. The minimum absolute atomic E-state index is 0.00761. The lowest BCUT2D eigenvalue weighted by Gasteiger charge is -2.15. The number of nitrogens with zero attached hydrogens (tertiary/aromatic N) is 6. The normalized spacial score (nSPS) is 13.5. The van der Waals surface area contributed by atoms with Gasteiger partial charge in [-0.3, -0.25) is 0 Å². The van der Waals surface area contributed by atoms with Crippen LogP contribution < -0.4 is 0 Å². The third-order valence-corrected chi connectivity index (χ3v) is 1.43. The molecule has 9 nitrogen and oxygen atoms in total. The Morgan fingerprint density at radius 2 is 1.73 bits per heavy atom. The molecule has 84 valence electrons. The molecule has 2 N–H and O–H groups in total. The minimum atomic E-state index is -0.996. The fourth-order valence-corrected chi connectivity index (χ4v) is 0.718. The van der Waals surface area contributed by atoms with E-state index in [1.54, 1.807) is 0 Å². The van der Waals surface area contributed by atoms with Crippen LogP contribution in [0.15, 0.2) is 10.2 Å². The van der Waals surface area contributed by atoms with Crippen LogP contribution in [0.3, 0.4) is 0 Å². The summed E-state index contributed by atoms with van der Waals surface area (Å²) in [7, 11) is 0. The standard InChI is InChI=1S/C6H12N6O3/c7-11-9-1-6(2-10-12-8)15-4-5(14)3-13/h5-6,13-14H,1-4H2. The molecule has 0 aromatic heterocycles. The Balaban J connectivity index is 3.98. The molecule has 0 aliphatic rings. The molecule has 0 radical (unpaired) electrons. The largest absolute Gasteiger partial charge is 0.394 e. The van der Waals surface area contributed by atoms with Gasteiger partial charge in [-0.1, -0.05) is 10.2 Å². The molecule has 0 saturated carbocycles. The van der Waals surface area contributed by atoms with Crippen molar-refractivity contribution in [3.8, 4) is 0 Å². The van der Waals surface area contributed by atoms with Crippen LogP contribution in [-0.2, 0) is 4.74 Å². The van der Waals surface area contributed by atoms with Crippen molar-refractivity contribution in [1.29, 1.82) is 0 Å². The summed E-state index contributed by atoms with van der Waals surface area (Å²) in [5, 5.41) is 24.0. The number of ether oxygens (including phenoxy) is 1. The molecule has 0 rings (SSSR count). The first-order valence-electron chi connectivity index (χ1n) is 4.16. The zero-order valence-corrected chi connectivity index (χ0v) is 7.97. The quantitative estimate of drug-likeness (QED) is 0.342. The van der Waals surface area contributed by atoms with E-state index in [2.05, 4.69) is 20.1 Å². The number of aliphatic hydroxyl groups excluding tert-OH is 2. The van der Waals surface area contributed by atoms with Gasteiger partial charge >= 0.3 is 0 Å². The van der Waals surface area contributed by atoms with Gasteiger partial charge < -0.3 is 14.9 Å². The lowest BCUT2D eigenvalue weighted by molar-refractivity contribution is -0.0223. The second-order valence-electron chi connectivity index (χ2n) is 2.62. The van der Waals surface area contributed by atoms with Gasteiger partial charge in [0.2, 0.25) is 0 Å². The van der Waals surface area contributed by atoms with E-state index in [1.807, 2.05) is 0 Å². The lowest BCUT2D eigenvalue weighted by atomic mass is 10.3. The van der Waals surface area contributed by atoms with Crippen molar-refractivity contribution in [2.45, 2.75) is 12.2 Å². The van der Waals surface area contributed by atoms with Gasteiger partial charge in [0.05, 0.1) is 32.4 Å². The van der Waals surface area contributed by atoms with Gasteiger partial charge in [0.1, 0.15) is 6.10 Å². The minimum Gasteiger partial charge on any atom is -0.394 e. The Morgan fingerprint density at radius 3 is 2.13 bits per heavy atom. The van der Waals surface area contributed by atoms with E-state index in [1.165, 1.54) is 0 Å². The first-order valence-corrected chi connectivity index (χ1v) is 4.16. The zero-order valence-electron chi connectivity index (χ0n) is 7.97. The average Bonchev–Trinajstić information content (AvgIpc) is 2.27. The predicted molar refractivity (Wildman–Crippen MR) is 50.9 cm³/mol. The predicted octanol–water partition coefficient (Wildman–Crippen LogP) is 0.345. The summed E-state index contributed by atoms with van der Waals surface area (Å²) < 4.78 is 5.06. The van der Waals surface area contributed by atoms with Crippen LogP contribution in [0.4, 0.5) is 0 Å². The summed E-state index contributed by atoms with van der Waals surface area (Å²) in [6, 6.07) is 0. The van der Waals surface area contributed by atoms with Crippen LogP contribution in [0.25, 0.3) is 20.9 Å². The van der Waals surface area contributed by atoms with Gasteiger partial charge in [0, 0.05) is 9.82 Å². The molecule has 0 heterocycles. The van der Waals surface area contributed by atoms with Gasteiger partial charge in [-0.05, 0) is 11.1 Å². The van der Waals surface area contributed by atoms with Crippen LogP contribution in [0.1, 0.15) is 0 Å². The highest BCUT2D eigenvalue weighted by Crippen LogP contribution is 1.97. The number of rotatable bonds is 8. The SMILES string of the molecule is [N-]=[N+]=NCC(CN=[N+]=[N-])OCC(O)CO. The summed E-state index contributed by atoms with van der Waals surface area (Å²) in [5.41, 5.74) is 16.1. The van der Waals surface area contributed by atoms with Crippen LogP contribution in [0.2, 0.25) is 0 Å². The molecule has 1 unspecified atom stereocenters. The summed E-state index contributed by atoms with van der Waals surface area (Å²) >= 11 is 0. The zero-order chi connectivity index (χ0) is 11.5. The van der Waals surface area contributed by atoms with Crippen molar-refractivity contribution < 1.29 is 14.9 Å².